The van der Waals surface area contributed by atoms with Gasteiger partial charge < -0.3 is 20.1 Å². The van der Waals surface area contributed by atoms with Crippen LogP contribution in [0, 0.1) is 5.82 Å². The molecule has 2 atom stereocenters. The standard InChI is InChI=1S/C29H26ClFN4O6/c30-19-14-21-24(22(31)15-19)34-28(40)41-29(21)11-4-12-35(16-29)26(37)23(13-17-5-2-1-3-6-17)33-25(36)18-7-9-20(10-8-18)32-27(38)39/h1-3,5-10,14-15,23,32H,4,11-13,16H2,(H,33,36)(H,34,40)(H,38,39)/t23-,29?/m0/s1. The quantitative estimate of drug-likeness (QED) is 0.324. The lowest BCUT2D eigenvalue weighted by Gasteiger charge is -2.45. The number of halogens is 2. The molecular weight excluding hydrogens is 555 g/mol. The lowest BCUT2D eigenvalue weighted by Crippen LogP contribution is -2.57. The van der Waals surface area contributed by atoms with Gasteiger partial charge >= 0.3 is 12.2 Å². The average Bonchev–Trinajstić information content (AvgIpc) is 2.94. The first-order valence-corrected chi connectivity index (χ1v) is 13.2. The fourth-order valence-electron chi connectivity index (χ4n) is 5.27. The third-order valence-corrected chi connectivity index (χ3v) is 7.33. The summed E-state index contributed by atoms with van der Waals surface area (Å²) in [6.07, 6.45) is -1.07. The topological polar surface area (TPSA) is 137 Å². The van der Waals surface area contributed by atoms with Gasteiger partial charge in [-0.1, -0.05) is 41.9 Å². The molecule has 2 heterocycles. The van der Waals surface area contributed by atoms with Gasteiger partial charge in [0.15, 0.2) is 5.60 Å². The number of nitrogens with zero attached hydrogens (tertiary/aromatic N) is 1. The molecule has 10 nitrogen and oxygen atoms in total. The molecule has 1 fully saturated rings. The summed E-state index contributed by atoms with van der Waals surface area (Å²) in [5.41, 5.74) is 0.330. The molecule has 0 radical (unpaired) electrons. The van der Waals surface area contributed by atoms with Crippen LogP contribution < -0.4 is 16.0 Å². The molecule has 3 aromatic carbocycles. The highest BCUT2D eigenvalue weighted by Crippen LogP contribution is 2.44. The van der Waals surface area contributed by atoms with Gasteiger partial charge in [-0.05, 0) is 54.8 Å². The van der Waals surface area contributed by atoms with Crippen molar-refractivity contribution < 1.29 is 33.4 Å². The number of nitrogens with one attached hydrogen (secondary N) is 3. The van der Waals surface area contributed by atoms with Crippen LogP contribution in [0.1, 0.15) is 34.3 Å². The Hall–Kier alpha value is -4.64. The second-order valence-corrected chi connectivity index (χ2v) is 10.3. The van der Waals surface area contributed by atoms with Crippen molar-refractivity contribution in [2.75, 3.05) is 23.7 Å². The van der Waals surface area contributed by atoms with Crippen molar-refractivity contribution in [1.29, 1.82) is 0 Å². The fourth-order valence-corrected chi connectivity index (χ4v) is 5.48. The maximum Gasteiger partial charge on any atom is 0.412 e. The number of hydrogen-bond donors (Lipinski definition) is 4. The molecule has 3 aromatic rings. The normalized spacial score (nSPS) is 18.5. The van der Waals surface area contributed by atoms with Gasteiger partial charge in [0.2, 0.25) is 5.91 Å². The highest BCUT2D eigenvalue weighted by molar-refractivity contribution is 6.30. The monoisotopic (exact) mass is 580 g/mol. The van der Waals surface area contributed by atoms with E-state index in [0.717, 1.165) is 11.6 Å². The molecule has 0 aliphatic carbocycles. The number of amides is 4. The molecule has 0 aromatic heterocycles. The maximum absolute atomic E-state index is 14.7. The van der Waals surface area contributed by atoms with Crippen molar-refractivity contribution >= 4 is 47.0 Å². The zero-order valence-electron chi connectivity index (χ0n) is 21.7. The van der Waals surface area contributed by atoms with Gasteiger partial charge in [0, 0.05) is 34.8 Å². The van der Waals surface area contributed by atoms with Gasteiger partial charge in [0.05, 0.1) is 12.2 Å². The predicted molar refractivity (Wildman–Crippen MR) is 148 cm³/mol. The van der Waals surface area contributed by atoms with Crippen LogP contribution in [0.25, 0.3) is 0 Å². The highest BCUT2D eigenvalue weighted by atomic mass is 35.5. The van der Waals surface area contributed by atoms with Crippen LogP contribution in [0.2, 0.25) is 5.02 Å². The van der Waals surface area contributed by atoms with Crippen LogP contribution in [0.15, 0.2) is 66.7 Å². The third-order valence-electron chi connectivity index (χ3n) is 7.11. The summed E-state index contributed by atoms with van der Waals surface area (Å²) < 4.78 is 20.5. The molecule has 212 valence electrons. The SMILES string of the molecule is O=C(O)Nc1ccc(C(=O)N[C@@H](Cc2ccccc2)C(=O)N2CCCC3(C2)OC(=O)Nc2c(F)cc(Cl)cc23)cc1. The molecule has 1 saturated heterocycles. The zero-order chi connectivity index (χ0) is 29.1. The van der Waals surface area contributed by atoms with Crippen molar-refractivity contribution in [1.82, 2.24) is 10.2 Å². The number of carbonyl (C=O) groups excluding carboxylic acids is 3. The number of carbonyl (C=O) groups is 4. The smallest absolute Gasteiger partial charge is 0.412 e. The van der Waals surface area contributed by atoms with Crippen molar-refractivity contribution in [2.24, 2.45) is 0 Å². The number of fused-ring (bicyclic) bond motifs is 2. The molecule has 4 N–H and O–H groups in total. The van der Waals surface area contributed by atoms with Crippen LogP contribution in [0.3, 0.4) is 0 Å². The molecule has 4 amide bonds. The highest BCUT2D eigenvalue weighted by Gasteiger charge is 2.48. The zero-order valence-corrected chi connectivity index (χ0v) is 22.4. The number of hydrogen-bond acceptors (Lipinski definition) is 5. The summed E-state index contributed by atoms with van der Waals surface area (Å²) in [5, 5.41) is 16.4. The van der Waals surface area contributed by atoms with Gasteiger partial charge in [-0.15, -0.1) is 0 Å². The molecule has 1 unspecified atom stereocenters. The third kappa shape index (κ3) is 6.09. The molecule has 2 aliphatic rings. The first kappa shape index (κ1) is 27.9. The van der Waals surface area contributed by atoms with Crippen LogP contribution in [0.5, 0.6) is 0 Å². The summed E-state index contributed by atoms with van der Waals surface area (Å²) in [4.78, 5) is 52.0. The first-order chi connectivity index (χ1) is 19.6. The van der Waals surface area contributed by atoms with E-state index in [4.69, 9.17) is 21.4 Å². The van der Waals surface area contributed by atoms with Gasteiger partial charge in [-0.25, -0.2) is 14.0 Å². The van der Waals surface area contributed by atoms with E-state index in [1.807, 2.05) is 30.3 Å². The Bertz CT molecular complexity index is 1500. The van der Waals surface area contributed by atoms with E-state index >= 15 is 0 Å². The van der Waals surface area contributed by atoms with E-state index in [2.05, 4.69) is 16.0 Å². The number of benzene rings is 3. The molecule has 2 aliphatic heterocycles. The van der Waals surface area contributed by atoms with Crippen LogP contribution in [-0.4, -0.2) is 53.1 Å². The number of likely N-dealkylation sites (tertiary alicyclic amines) is 1. The van der Waals surface area contributed by atoms with Crippen LogP contribution >= 0.6 is 11.6 Å². The number of ether oxygens (including phenoxy) is 1. The summed E-state index contributed by atoms with van der Waals surface area (Å²) in [6, 6.07) is 16.6. The second kappa shape index (κ2) is 11.5. The van der Waals surface area contributed by atoms with Crippen molar-refractivity contribution in [2.45, 2.75) is 30.9 Å². The van der Waals surface area contributed by atoms with E-state index < -0.39 is 41.5 Å². The fraction of sp³-hybridized carbons (Fsp3) is 0.241. The van der Waals surface area contributed by atoms with Gasteiger partial charge in [-0.2, -0.15) is 0 Å². The predicted octanol–water partition coefficient (Wildman–Crippen LogP) is 4.99. The lowest BCUT2D eigenvalue weighted by atomic mass is 9.83. The van der Waals surface area contributed by atoms with Crippen molar-refractivity contribution in [3.63, 3.8) is 0 Å². The lowest BCUT2D eigenvalue weighted by molar-refractivity contribution is -0.141. The van der Waals surface area contributed by atoms with Crippen molar-refractivity contribution in [3.8, 4) is 0 Å². The molecule has 5 rings (SSSR count). The Morgan fingerprint density at radius 3 is 2.56 bits per heavy atom. The Morgan fingerprint density at radius 2 is 1.85 bits per heavy atom. The van der Waals surface area contributed by atoms with E-state index in [1.165, 1.54) is 35.2 Å². The van der Waals surface area contributed by atoms with E-state index in [9.17, 15) is 23.6 Å². The number of rotatable bonds is 6. The summed E-state index contributed by atoms with van der Waals surface area (Å²) in [6.45, 7) is 0.281. The number of anilines is 2. The molecule has 12 heteroatoms. The molecule has 1 spiro atoms. The van der Waals surface area contributed by atoms with Gasteiger partial charge in [0.25, 0.3) is 5.91 Å². The Kier molecular flexibility index (Phi) is 7.80. The molecule has 0 saturated carbocycles. The van der Waals surface area contributed by atoms with E-state index in [0.29, 0.717) is 24.9 Å². The molecule has 0 bridgehead atoms. The maximum atomic E-state index is 14.7. The van der Waals surface area contributed by atoms with E-state index in [1.54, 1.807) is 0 Å². The molecule has 41 heavy (non-hydrogen) atoms. The largest absolute Gasteiger partial charge is 0.465 e. The summed E-state index contributed by atoms with van der Waals surface area (Å²) in [7, 11) is 0. The van der Waals surface area contributed by atoms with Crippen LogP contribution in [0.4, 0.5) is 25.4 Å². The van der Waals surface area contributed by atoms with Gasteiger partial charge in [0.1, 0.15) is 11.9 Å². The second-order valence-electron chi connectivity index (χ2n) is 9.91. The minimum absolute atomic E-state index is 0.0325. The minimum atomic E-state index is -1.31. The van der Waals surface area contributed by atoms with Crippen LogP contribution in [-0.2, 0) is 21.6 Å². The van der Waals surface area contributed by atoms with Gasteiger partial charge in [-0.3, -0.25) is 20.2 Å². The number of piperidine rings is 1. The summed E-state index contributed by atoms with van der Waals surface area (Å²) in [5.74, 6) is -1.63. The molecular formula is C29H26ClFN4O6. The summed E-state index contributed by atoms with van der Waals surface area (Å²) >= 11 is 6.14. The first-order valence-electron chi connectivity index (χ1n) is 12.9. The van der Waals surface area contributed by atoms with E-state index in [-0.39, 0.29) is 34.9 Å². The minimum Gasteiger partial charge on any atom is -0.465 e. The Balaban J connectivity index is 1.41. The average molecular weight is 581 g/mol. The number of carboxylic acid groups (broad SMARTS) is 1. The van der Waals surface area contributed by atoms with Crippen molar-refractivity contribution in [3.05, 3.63) is 94.3 Å². The Labute approximate surface area is 239 Å². The Morgan fingerprint density at radius 1 is 1.12 bits per heavy atom.